The zero-order valence-electron chi connectivity index (χ0n) is 11.7. The van der Waals surface area contributed by atoms with E-state index in [1.54, 1.807) is 0 Å². The number of rotatable bonds is 7. The Hall–Kier alpha value is -1.58. The molecular weight excluding hydrogens is 270 g/mol. The van der Waals surface area contributed by atoms with E-state index in [-0.39, 0.29) is 0 Å². The van der Waals surface area contributed by atoms with Crippen LogP contribution in [0.1, 0.15) is 12.6 Å². The predicted molar refractivity (Wildman–Crippen MR) is 85.1 cm³/mol. The van der Waals surface area contributed by atoms with Gasteiger partial charge in [-0.2, -0.15) is 0 Å². The molecule has 1 aromatic carbocycles. The molecule has 1 aromatic heterocycles. The van der Waals surface area contributed by atoms with E-state index in [0.717, 1.165) is 42.6 Å². The maximum atomic E-state index is 5.96. The summed E-state index contributed by atoms with van der Waals surface area (Å²) in [6, 6.07) is 13.8. The smallest absolute Gasteiger partial charge is 0.0543 e. The molecular formula is C16H20ClN3. The average Bonchev–Trinajstić information content (AvgIpc) is 2.47. The summed E-state index contributed by atoms with van der Waals surface area (Å²) in [6.07, 6.45) is 1.84. The lowest BCUT2D eigenvalue weighted by atomic mass is 10.3. The van der Waals surface area contributed by atoms with Gasteiger partial charge in [0.05, 0.1) is 5.69 Å². The molecule has 0 saturated heterocycles. The van der Waals surface area contributed by atoms with Crippen molar-refractivity contribution < 1.29 is 0 Å². The van der Waals surface area contributed by atoms with Gasteiger partial charge in [-0.3, -0.25) is 9.88 Å². The first kappa shape index (κ1) is 14.8. The van der Waals surface area contributed by atoms with E-state index in [1.807, 2.05) is 42.6 Å². The second kappa shape index (κ2) is 7.88. The summed E-state index contributed by atoms with van der Waals surface area (Å²) in [4.78, 5) is 6.73. The molecule has 0 aliphatic heterocycles. The van der Waals surface area contributed by atoms with E-state index in [1.165, 1.54) is 0 Å². The van der Waals surface area contributed by atoms with Crippen molar-refractivity contribution in [2.24, 2.45) is 0 Å². The first-order valence-electron chi connectivity index (χ1n) is 6.89. The summed E-state index contributed by atoms with van der Waals surface area (Å²) >= 11 is 5.96. The minimum absolute atomic E-state index is 0.760. The summed E-state index contributed by atoms with van der Waals surface area (Å²) in [6.45, 7) is 5.92. The number of nitrogens with zero attached hydrogens (tertiary/aromatic N) is 2. The highest BCUT2D eigenvalue weighted by Crippen LogP contribution is 2.14. The molecule has 0 bridgehead atoms. The third kappa shape index (κ3) is 4.83. The molecule has 0 atom stereocenters. The molecule has 106 valence electrons. The highest BCUT2D eigenvalue weighted by atomic mass is 35.5. The molecule has 4 heteroatoms. The Morgan fingerprint density at radius 3 is 2.80 bits per heavy atom. The number of nitrogens with one attached hydrogen (secondary N) is 1. The van der Waals surface area contributed by atoms with Gasteiger partial charge in [-0.1, -0.05) is 30.7 Å². The molecule has 0 aliphatic carbocycles. The van der Waals surface area contributed by atoms with Gasteiger partial charge < -0.3 is 5.32 Å². The number of anilines is 1. The van der Waals surface area contributed by atoms with E-state index >= 15 is 0 Å². The van der Waals surface area contributed by atoms with Crippen molar-refractivity contribution in [1.82, 2.24) is 9.88 Å². The van der Waals surface area contributed by atoms with Crippen LogP contribution in [0, 0.1) is 0 Å². The van der Waals surface area contributed by atoms with Gasteiger partial charge in [-0.05, 0) is 36.9 Å². The molecule has 0 spiro atoms. The number of pyridine rings is 1. The van der Waals surface area contributed by atoms with Gasteiger partial charge in [-0.15, -0.1) is 0 Å². The second-order valence-electron chi connectivity index (χ2n) is 4.63. The van der Waals surface area contributed by atoms with Crippen LogP contribution in [-0.2, 0) is 6.54 Å². The van der Waals surface area contributed by atoms with Gasteiger partial charge in [0.15, 0.2) is 0 Å². The quantitative estimate of drug-likeness (QED) is 0.843. The molecule has 20 heavy (non-hydrogen) atoms. The number of halogens is 1. The minimum Gasteiger partial charge on any atom is -0.384 e. The fourth-order valence-corrected chi connectivity index (χ4v) is 2.22. The molecule has 0 unspecified atom stereocenters. The lowest BCUT2D eigenvalue weighted by Gasteiger charge is -2.20. The van der Waals surface area contributed by atoms with E-state index in [4.69, 9.17) is 11.6 Å². The topological polar surface area (TPSA) is 28.2 Å². The minimum atomic E-state index is 0.760. The van der Waals surface area contributed by atoms with E-state index in [9.17, 15) is 0 Å². The molecule has 0 aliphatic rings. The van der Waals surface area contributed by atoms with Crippen LogP contribution >= 0.6 is 11.6 Å². The van der Waals surface area contributed by atoms with Gasteiger partial charge in [0.1, 0.15) is 0 Å². The molecule has 1 N–H and O–H groups in total. The Kier molecular flexibility index (Phi) is 5.84. The monoisotopic (exact) mass is 289 g/mol. The highest BCUT2D eigenvalue weighted by molar-refractivity contribution is 6.30. The predicted octanol–water partition coefficient (Wildman–Crippen LogP) is 3.67. The summed E-state index contributed by atoms with van der Waals surface area (Å²) < 4.78 is 0. The Balaban J connectivity index is 1.79. The third-order valence-corrected chi connectivity index (χ3v) is 3.38. The van der Waals surface area contributed by atoms with Gasteiger partial charge in [0.25, 0.3) is 0 Å². The van der Waals surface area contributed by atoms with Gasteiger partial charge in [0, 0.05) is 36.5 Å². The SMILES string of the molecule is CCN(CCNc1cccc(Cl)c1)Cc1ccccn1. The molecule has 0 fully saturated rings. The van der Waals surface area contributed by atoms with Crippen LogP contribution in [0.3, 0.4) is 0 Å². The van der Waals surface area contributed by atoms with Gasteiger partial charge >= 0.3 is 0 Å². The maximum Gasteiger partial charge on any atom is 0.0543 e. The lowest BCUT2D eigenvalue weighted by Crippen LogP contribution is -2.28. The number of hydrogen-bond donors (Lipinski definition) is 1. The zero-order chi connectivity index (χ0) is 14.2. The summed E-state index contributed by atoms with van der Waals surface area (Å²) in [7, 11) is 0. The fraction of sp³-hybridized carbons (Fsp3) is 0.312. The van der Waals surface area contributed by atoms with Crippen molar-refractivity contribution in [1.29, 1.82) is 0 Å². The number of likely N-dealkylation sites (N-methyl/N-ethyl adjacent to an activating group) is 1. The van der Waals surface area contributed by atoms with Crippen molar-refractivity contribution in [3.8, 4) is 0 Å². The molecule has 3 nitrogen and oxygen atoms in total. The van der Waals surface area contributed by atoms with Crippen molar-refractivity contribution in [2.75, 3.05) is 25.0 Å². The lowest BCUT2D eigenvalue weighted by molar-refractivity contribution is 0.287. The van der Waals surface area contributed by atoms with Crippen LogP contribution in [-0.4, -0.2) is 29.5 Å². The molecule has 2 aromatic rings. The fourth-order valence-electron chi connectivity index (χ4n) is 2.03. The van der Waals surface area contributed by atoms with Crippen molar-refractivity contribution in [3.05, 3.63) is 59.4 Å². The molecule has 1 heterocycles. The zero-order valence-corrected chi connectivity index (χ0v) is 12.5. The summed E-state index contributed by atoms with van der Waals surface area (Å²) in [5, 5.41) is 4.15. The third-order valence-electron chi connectivity index (χ3n) is 3.14. The number of benzene rings is 1. The normalized spacial score (nSPS) is 10.8. The van der Waals surface area contributed by atoms with Crippen LogP contribution in [0.4, 0.5) is 5.69 Å². The average molecular weight is 290 g/mol. The summed E-state index contributed by atoms with van der Waals surface area (Å²) in [5.41, 5.74) is 2.17. The Morgan fingerprint density at radius 1 is 1.20 bits per heavy atom. The second-order valence-corrected chi connectivity index (χ2v) is 5.06. The van der Waals surface area contributed by atoms with Crippen LogP contribution in [0.2, 0.25) is 5.02 Å². The molecule has 2 rings (SSSR count). The number of hydrogen-bond acceptors (Lipinski definition) is 3. The first-order valence-corrected chi connectivity index (χ1v) is 7.27. The van der Waals surface area contributed by atoms with E-state index < -0.39 is 0 Å². The van der Waals surface area contributed by atoms with Gasteiger partial charge in [0.2, 0.25) is 0 Å². The van der Waals surface area contributed by atoms with E-state index in [2.05, 4.69) is 28.2 Å². The van der Waals surface area contributed by atoms with Crippen LogP contribution < -0.4 is 5.32 Å². The van der Waals surface area contributed by atoms with Crippen molar-refractivity contribution >= 4 is 17.3 Å². The molecule has 0 radical (unpaired) electrons. The maximum absolute atomic E-state index is 5.96. The summed E-state index contributed by atoms with van der Waals surface area (Å²) in [5.74, 6) is 0. The Bertz CT molecular complexity index is 516. The molecule has 0 amide bonds. The number of aromatic nitrogens is 1. The molecule has 0 saturated carbocycles. The van der Waals surface area contributed by atoms with Crippen LogP contribution in [0.15, 0.2) is 48.7 Å². The Morgan fingerprint density at radius 2 is 2.10 bits per heavy atom. The van der Waals surface area contributed by atoms with Crippen molar-refractivity contribution in [3.63, 3.8) is 0 Å². The largest absolute Gasteiger partial charge is 0.384 e. The van der Waals surface area contributed by atoms with Crippen LogP contribution in [0.25, 0.3) is 0 Å². The Labute approximate surface area is 125 Å². The van der Waals surface area contributed by atoms with E-state index in [0.29, 0.717) is 0 Å². The van der Waals surface area contributed by atoms with Gasteiger partial charge in [-0.25, -0.2) is 0 Å². The van der Waals surface area contributed by atoms with Crippen molar-refractivity contribution in [2.45, 2.75) is 13.5 Å². The standard InChI is InChI=1S/C16H20ClN3/c1-2-20(13-16-7-3-4-9-18-16)11-10-19-15-8-5-6-14(17)12-15/h3-9,12,19H,2,10-11,13H2,1H3. The van der Waals surface area contributed by atoms with Crippen LogP contribution in [0.5, 0.6) is 0 Å². The highest BCUT2D eigenvalue weighted by Gasteiger charge is 2.04. The first-order chi connectivity index (χ1) is 9.78.